The summed E-state index contributed by atoms with van der Waals surface area (Å²) in [6, 6.07) is 5.97. The molecular formula is C15H21N3O2. The van der Waals surface area contributed by atoms with Crippen molar-refractivity contribution in [3.8, 4) is 11.5 Å². The van der Waals surface area contributed by atoms with Crippen molar-refractivity contribution < 1.29 is 9.47 Å². The molecular weight excluding hydrogens is 254 g/mol. The van der Waals surface area contributed by atoms with E-state index in [0.717, 1.165) is 29.2 Å². The Balaban J connectivity index is 2.42. The average Bonchev–Trinajstić information content (AvgIpc) is 2.90. The maximum absolute atomic E-state index is 5.34. The Kier molecular flexibility index (Phi) is 4.63. The largest absolute Gasteiger partial charge is 0.497 e. The van der Waals surface area contributed by atoms with Gasteiger partial charge in [0.05, 0.1) is 26.5 Å². The highest BCUT2D eigenvalue weighted by molar-refractivity contribution is 5.42. The molecule has 108 valence electrons. The van der Waals surface area contributed by atoms with Gasteiger partial charge in [-0.3, -0.25) is 4.68 Å². The third-order valence-corrected chi connectivity index (χ3v) is 3.17. The lowest BCUT2D eigenvalue weighted by molar-refractivity contribution is 0.392. The number of ether oxygens (including phenoxy) is 2. The zero-order valence-corrected chi connectivity index (χ0v) is 12.4. The van der Waals surface area contributed by atoms with Crippen LogP contribution in [0.3, 0.4) is 0 Å². The van der Waals surface area contributed by atoms with E-state index < -0.39 is 0 Å². The highest BCUT2D eigenvalue weighted by Gasteiger charge is 2.16. The molecule has 1 heterocycles. The standard InChI is InChI=1S/C15H21N3O2/c1-5-16-15(12-9-17-18(2)10-12)11-6-13(19-3)8-14(7-11)20-4/h6-10,15-16H,5H2,1-4H3. The quantitative estimate of drug-likeness (QED) is 0.877. The van der Waals surface area contributed by atoms with Crippen molar-refractivity contribution in [1.82, 2.24) is 15.1 Å². The Morgan fingerprint density at radius 3 is 2.25 bits per heavy atom. The smallest absolute Gasteiger partial charge is 0.122 e. The molecule has 1 aromatic heterocycles. The van der Waals surface area contributed by atoms with Crippen LogP contribution in [0.2, 0.25) is 0 Å². The summed E-state index contributed by atoms with van der Waals surface area (Å²) >= 11 is 0. The summed E-state index contributed by atoms with van der Waals surface area (Å²) < 4.78 is 12.5. The number of hydrogen-bond acceptors (Lipinski definition) is 4. The molecule has 0 fully saturated rings. The van der Waals surface area contributed by atoms with E-state index in [9.17, 15) is 0 Å². The first-order valence-corrected chi connectivity index (χ1v) is 6.62. The number of aromatic nitrogens is 2. The van der Waals surface area contributed by atoms with Crippen LogP contribution in [0, 0.1) is 0 Å². The molecule has 0 radical (unpaired) electrons. The minimum atomic E-state index is 0.0673. The van der Waals surface area contributed by atoms with Gasteiger partial charge in [-0.05, 0) is 24.2 Å². The Morgan fingerprint density at radius 2 is 1.80 bits per heavy atom. The van der Waals surface area contributed by atoms with Crippen molar-refractivity contribution in [2.75, 3.05) is 20.8 Å². The van der Waals surface area contributed by atoms with E-state index in [1.807, 2.05) is 37.6 Å². The maximum Gasteiger partial charge on any atom is 0.122 e. The molecule has 5 nitrogen and oxygen atoms in total. The lowest BCUT2D eigenvalue weighted by atomic mass is 10.0. The van der Waals surface area contributed by atoms with Crippen LogP contribution in [0.4, 0.5) is 0 Å². The Labute approximate surface area is 119 Å². The van der Waals surface area contributed by atoms with Crippen molar-refractivity contribution >= 4 is 0 Å². The zero-order valence-electron chi connectivity index (χ0n) is 12.4. The number of nitrogens with zero attached hydrogens (tertiary/aromatic N) is 2. The van der Waals surface area contributed by atoms with Crippen LogP contribution >= 0.6 is 0 Å². The number of nitrogens with one attached hydrogen (secondary N) is 1. The predicted octanol–water partition coefficient (Wildman–Crippen LogP) is 2.14. The first-order chi connectivity index (χ1) is 9.67. The third kappa shape index (κ3) is 3.11. The van der Waals surface area contributed by atoms with E-state index in [2.05, 4.69) is 17.3 Å². The van der Waals surface area contributed by atoms with Gasteiger partial charge in [0.25, 0.3) is 0 Å². The van der Waals surface area contributed by atoms with Gasteiger partial charge in [0.1, 0.15) is 11.5 Å². The molecule has 0 saturated carbocycles. The van der Waals surface area contributed by atoms with Gasteiger partial charge in [-0.1, -0.05) is 6.92 Å². The molecule has 0 aliphatic carbocycles. The van der Waals surface area contributed by atoms with Crippen molar-refractivity contribution in [1.29, 1.82) is 0 Å². The molecule has 2 aromatic rings. The minimum absolute atomic E-state index is 0.0673. The van der Waals surface area contributed by atoms with Gasteiger partial charge in [0, 0.05) is 24.9 Å². The van der Waals surface area contributed by atoms with Crippen LogP contribution in [-0.4, -0.2) is 30.5 Å². The molecule has 5 heteroatoms. The van der Waals surface area contributed by atoms with E-state index in [0.29, 0.717) is 0 Å². The lowest BCUT2D eigenvalue weighted by Crippen LogP contribution is -2.21. The van der Waals surface area contributed by atoms with Gasteiger partial charge in [-0.15, -0.1) is 0 Å². The number of rotatable bonds is 6. The van der Waals surface area contributed by atoms with E-state index in [4.69, 9.17) is 9.47 Å². The summed E-state index contributed by atoms with van der Waals surface area (Å²) in [7, 11) is 5.23. The van der Waals surface area contributed by atoms with Gasteiger partial charge >= 0.3 is 0 Å². The van der Waals surface area contributed by atoms with Crippen LogP contribution in [0.1, 0.15) is 24.1 Å². The predicted molar refractivity (Wildman–Crippen MR) is 78.3 cm³/mol. The minimum Gasteiger partial charge on any atom is -0.497 e. The zero-order chi connectivity index (χ0) is 14.5. The molecule has 1 N–H and O–H groups in total. The molecule has 1 unspecified atom stereocenters. The van der Waals surface area contributed by atoms with E-state index in [-0.39, 0.29) is 6.04 Å². The SMILES string of the molecule is CCNC(c1cc(OC)cc(OC)c1)c1cnn(C)c1. The van der Waals surface area contributed by atoms with E-state index >= 15 is 0 Å². The maximum atomic E-state index is 5.34. The Morgan fingerprint density at radius 1 is 1.15 bits per heavy atom. The van der Waals surface area contributed by atoms with Gasteiger partial charge in [-0.2, -0.15) is 5.10 Å². The summed E-state index contributed by atoms with van der Waals surface area (Å²) in [6.45, 7) is 2.94. The topological polar surface area (TPSA) is 48.3 Å². The molecule has 0 aliphatic heterocycles. The normalized spacial score (nSPS) is 12.2. The summed E-state index contributed by atoms with van der Waals surface area (Å²) in [5.41, 5.74) is 2.21. The van der Waals surface area contributed by atoms with Crippen LogP contribution < -0.4 is 14.8 Å². The monoisotopic (exact) mass is 275 g/mol. The first kappa shape index (κ1) is 14.4. The van der Waals surface area contributed by atoms with Crippen LogP contribution in [0.25, 0.3) is 0 Å². The lowest BCUT2D eigenvalue weighted by Gasteiger charge is -2.18. The molecule has 0 bridgehead atoms. The second kappa shape index (κ2) is 6.43. The van der Waals surface area contributed by atoms with E-state index in [1.165, 1.54) is 0 Å². The third-order valence-electron chi connectivity index (χ3n) is 3.17. The summed E-state index contributed by atoms with van der Waals surface area (Å²) in [6.07, 6.45) is 3.89. The highest BCUT2D eigenvalue weighted by atomic mass is 16.5. The molecule has 1 aromatic carbocycles. The molecule has 0 spiro atoms. The van der Waals surface area contributed by atoms with Crippen LogP contribution in [0.15, 0.2) is 30.6 Å². The Bertz CT molecular complexity index is 544. The number of hydrogen-bond donors (Lipinski definition) is 1. The van der Waals surface area contributed by atoms with Gasteiger partial charge in [0.15, 0.2) is 0 Å². The highest BCUT2D eigenvalue weighted by Crippen LogP contribution is 2.29. The second-order valence-corrected chi connectivity index (χ2v) is 4.58. The number of aryl methyl sites for hydroxylation is 1. The summed E-state index contributed by atoms with van der Waals surface area (Å²) in [4.78, 5) is 0. The fourth-order valence-corrected chi connectivity index (χ4v) is 2.22. The van der Waals surface area contributed by atoms with E-state index in [1.54, 1.807) is 18.9 Å². The van der Waals surface area contributed by atoms with Gasteiger partial charge in [0.2, 0.25) is 0 Å². The van der Waals surface area contributed by atoms with Crippen LogP contribution in [0.5, 0.6) is 11.5 Å². The van der Waals surface area contributed by atoms with Crippen molar-refractivity contribution in [2.45, 2.75) is 13.0 Å². The van der Waals surface area contributed by atoms with Crippen LogP contribution in [-0.2, 0) is 7.05 Å². The molecule has 0 amide bonds. The molecule has 2 rings (SSSR count). The Hall–Kier alpha value is -2.01. The summed E-state index contributed by atoms with van der Waals surface area (Å²) in [5, 5.41) is 7.71. The second-order valence-electron chi connectivity index (χ2n) is 4.58. The number of benzene rings is 1. The van der Waals surface area contributed by atoms with Crippen molar-refractivity contribution in [3.63, 3.8) is 0 Å². The molecule has 20 heavy (non-hydrogen) atoms. The fourth-order valence-electron chi connectivity index (χ4n) is 2.22. The number of methoxy groups -OCH3 is 2. The average molecular weight is 275 g/mol. The summed E-state index contributed by atoms with van der Waals surface area (Å²) in [5.74, 6) is 1.57. The molecule has 0 saturated heterocycles. The van der Waals surface area contributed by atoms with Gasteiger partial charge < -0.3 is 14.8 Å². The van der Waals surface area contributed by atoms with Gasteiger partial charge in [-0.25, -0.2) is 0 Å². The molecule has 0 aliphatic rings. The van der Waals surface area contributed by atoms with Crippen molar-refractivity contribution in [2.24, 2.45) is 7.05 Å². The first-order valence-electron chi connectivity index (χ1n) is 6.62. The van der Waals surface area contributed by atoms with Crippen molar-refractivity contribution in [3.05, 3.63) is 41.7 Å². The fraction of sp³-hybridized carbons (Fsp3) is 0.400. The molecule has 1 atom stereocenters.